The Hall–Kier alpha value is -1.26. The first kappa shape index (κ1) is 15.1. The molecule has 0 amide bonds. The summed E-state index contributed by atoms with van der Waals surface area (Å²) in [5.41, 5.74) is 1.76. The Labute approximate surface area is 131 Å². The van der Waals surface area contributed by atoms with Crippen LogP contribution in [0.4, 0.5) is 10.1 Å². The van der Waals surface area contributed by atoms with E-state index in [0.29, 0.717) is 15.2 Å². The molecular weight excluding hydrogens is 345 g/mol. The van der Waals surface area contributed by atoms with Gasteiger partial charge in [-0.3, -0.25) is 0 Å². The van der Waals surface area contributed by atoms with Gasteiger partial charge in [-0.05, 0) is 58.7 Å². The third-order valence-electron chi connectivity index (χ3n) is 2.98. The number of benzene rings is 2. The van der Waals surface area contributed by atoms with Crippen molar-refractivity contribution in [1.82, 2.24) is 0 Å². The van der Waals surface area contributed by atoms with Crippen LogP contribution in [0.15, 0.2) is 40.9 Å². The zero-order valence-corrected chi connectivity index (χ0v) is 13.4. The van der Waals surface area contributed by atoms with Crippen LogP contribution in [0.2, 0.25) is 5.02 Å². The summed E-state index contributed by atoms with van der Waals surface area (Å²) in [7, 11) is 1.60. The van der Waals surface area contributed by atoms with Crippen molar-refractivity contribution in [3.05, 3.63) is 57.3 Å². The summed E-state index contributed by atoms with van der Waals surface area (Å²) in [5, 5.41) is 3.94. The highest BCUT2D eigenvalue weighted by Crippen LogP contribution is 2.31. The van der Waals surface area contributed by atoms with E-state index in [2.05, 4.69) is 21.2 Å². The number of halogens is 3. The predicted molar refractivity (Wildman–Crippen MR) is 84.1 cm³/mol. The van der Waals surface area contributed by atoms with E-state index in [-0.39, 0.29) is 11.9 Å². The Morgan fingerprint density at radius 3 is 2.65 bits per heavy atom. The van der Waals surface area contributed by atoms with Crippen molar-refractivity contribution >= 4 is 33.2 Å². The van der Waals surface area contributed by atoms with Crippen molar-refractivity contribution in [3.63, 3.8) is 0 Å². The minimum Gasteiger partial charge on any atom is -0.495 e. The van der Waals surface area contributed by atoms with Crippen LogP contribution in [0.5, 0.6) is 5.75 Å². The Morgan fingerprint density at radius 2 is 2.00 bits per heavy atom. The quantitative estimate of drug-likeness (QED) is 0.787. The molecular formula is C15H14BrClFNO. The van der Waals surface area contributed by atoms with Crippen molar-refractivity contribution in [2.24, 2.45) is 0 Å². The predicted octanol–water partition coefficient (Wildman–Crippen LogP) is 5.42. The first-order chi connectivity index (χ1) is 9.51. The molecule has 0 aliphatic heterocycles. The molecule has 0 saturated carbocycles. The molecule has 0 fully saturated rings. The molecule has 0 saturated heterocycles. The summed E-state index contributed by atoms with van der Waals surface area (Å²) < 4.78 is 19.0. The molecule has 106 valence electrons. The number of methoxy groups -OCH3 is 1. The lowest BCUT2D eigenvalue weighted by Crippen LogP contribution is -2.08. The molecule has 0 aliphatic rings. The van der Waals surface area contributed by atoms with Gasteiger partial charge < -0.3 is 10.1 Å². The van der Waals surface area contributed by atoms with E-state index in [4.69, 9.17) is 16.3 Å². The largest absolute Gasteiger partial charge is 0.495 e. The Kier molecular flexibility index (Phi) is 4.89. The summed E-state index contributed by atoms with van der Waals surface area (Å²) in [6.45, 7) is 1.99. The first-order valence-corrected chi connectivity index (χ1v) is 7.23. The molecule has 0 radical (unpaired) electrons. The van der Waals surface area contributed by atoms with Gasteiger partial charge in [0.2, 0.25) is 0 Å². The van der Waals surface area contributed by atoms with Gasteiger partial charge in [0.1, 0.15) is 11.6 Å². The Morgan fingerprint density at radius 1 is 1.25 bits per heavy atom. The van der Waals surface area contributed by atoms with Crippen LogP contribution in [-0.4, -0.2) is 7.11 Å². The lowest BCUT2D eigenvalue weighted by molar-refractivity contribution is 0.416. The highest BCUT2D eigenvalue weighted by Gasteiger charge is 2.11. The first-order valence-electron chi connectivity index (χ1n) is 6.06. The topological polar surface area (TPSA) is 21.3 Å². The summed E-state index contributed by atoms with van der Waals surface area (Å²) >= 11 is 9.19. The average molecular weight is 359 g/mol. The second-order valence-corrected chi connectivity index (χ2v) is 5.67. The fourth-order valence-corrected chi connectivity index (χ4v) is 2.46. The zero-order valence-electron chi connectivity index (χ0n) is 11.1. The van der Waals surface area contributed by atoms with Crippen molar-refractivity contribution in [2.75, 3.05) is 12.4 Å². The molecule has 5 heteroatoms. The molecule has 20 heavy (non-hydrogen) atoms. The molecule has 1 unspecified atom stereocenters. The Balaban J connectivity index is 2.24. The maximum Gasteiger partial charge on any atom is 0.142 e. The number of rotatable bonds is 4. The maximum atomic E-state index is 13.3. The number of anilines is 1. The normalized spacial score (nSPS) is 12.1. The maximum absolute atomic E-state index is 13.3. The van der Waals surface area contributed by atoms with Gasteiger partial charge in [-0.2, -0.15) is 0 Å². The molecule has 2 rings (SSSR count). The molecule has 0 heterocycles. The van der Waals surface area contributed by atoms with Gasteiger partial charge in [-0.1, -0.05) is 17.7 Å². The SMILES string of the molecule is COc1ccc(Cl)cc1NC(C)c1ccc(F)c(Br)c1. The van der Waals surface area contributed by atoms with Crippen LogP contribution in [-0.2, 0) is 0 Å². The van der Waals surface area contributed by atoms with Crippen LogP contribution < -0.4 is 10.1 Å². The van der Waals surface area contributed by atoms with Gasteiger partial charge in [0, 0.05) is 11.1 Å². The van der Waals surface area contributed by atoms with Crippen LogP contribution in [0.25, 0.3) is 0 Å². The Bertz CT molecular complexity index is 621. The monoisotopic (exact) mass is 357 g/mol. The highest BCUT2D eigenvalue weighted by atomic mass is 79.9. The van der Waals surface area contributed by atoms with E-state index in [0.717, 1.165) is 11.3 Å². The van der Waals surface area contributed by atoms with Crippen molar-refractivity contribution in [1.29, 1.82) is 0 Å². The molecule has 1 N–H and O–H groups in total. The lowest BCUT2D eigenvalue weighted by atomic mass is 10.1. The van der Waals surface area contributed by atoms with Crippen LogP contribution in [0.3, 0.4) is 0 Å². The number of hydrogen-bond donors (Lipinski definition) is 1. The third kappa shape index (κ3) is 3.44. The van der Waals surface area contributed by atoms with E-state index in [1.54, 1.807) is 37.4 Å². The molecule has 2 aromatic rings. The van der Waals surface area contributed by atoms with Crippen LogP contribution in [0, 0.1) is 5.82 Å². The summed E-state index contributed by atoms with van der Waals surface area (Å²) in [6.07, 6.45) is 0. The van der Waals surface area contributed by atoms with Gasteiger partial charge in [0.05, 0.1) is 17.3 Å². The van der Waals surface area contributed by atoms with Crippen molar-refractivity contribution in [2.45, 2.75) is 13.0 Å². The van der Waals surface area contributed by atoms with Gasteiger partial charge in [0.25, 0.3) is 0 Å². The fraction of sp³-hybridized carbons (Fsp3) is 0.200. The van der Waals surface area contributed by atoms with E-state index in [1.807, 2.05) is 6.92 Å². The smallest absolute Gasteiger partial charge is 0.142 e. The van der Waals surface area contributed by atoms with E-state index in [1.165, 1.54) is 6.07 Å². The van der Waals surface area contributed by atoms with Crippen molar-refractivity contribution < 1.29 is 9.13 Å². The molecule has 2 nitrogen and oxygen atoms in total. The molecule has 0 spiro atoms. The fourth-order valence-electron chi connectivity index (χ4n) is 1.89. The summed E-state index contributed by atoms with van der Waals surface area (Å²) in [5.74, 6) is 0.434. The van der Waals surface area contributed by atoms with Crippen LogP contribution in [0.1, 0.15) is 18.5 Å². The van der Waals surface area contributed by atoms with E-state index < -0.39 is 0 Å². The second kappa shape index (κ2) is 6.46. The van der Waals surface area contributed by atoms with Gasteiger partial charge in [-0.15, -0.1) is 0 Å². The number of hydrogen-bond acceptors (Lipinski definition) is 2. The number of nitrogens with one attached hydrogen (secondary N) is 1. The highest BCUT2D eigenvalue weighted by molar-refractivity contribution is 9.10. The minimum absolute atomic E-state index is 0.0146. The molecule has 0 aliphatic carbocycles. The molecule has 0 bridgehead atoms. The zero-order chi connectivity index (χ0) is 14.7. The van der Waals surface area contributed by atoms with E-state index in [9.17, 15) is 4.39 Å². The van der Waals surface area contributed by atoms with E-state index >= 15 is 0 Å². The average Bonchev–Trinajstić information content (AvgIpc) is 2.42. The third-order valence-corrected chi connectivity index (χ3v) is 3.82. The van der Waals surface area contributed by atoms with Gasteiger partial charge in [0.15, 0.2) is 0 Å². The lowest BCUT2D eigenvalue weighted by Gasteiger charge is -2.18. The van der Waals surface area contributed by atoms with Crippen molar-refractivity contribution in [3.8, 4) is 5.75 Å². The number of ether oxygens (including phenoxy) is 1. The van der Waals surface area contributed by atoms with Gasteiger partial charge in [-0.25, -0.2) is 4.39 Å². The molecule has 0 aromatic heterocycles. The second-order valence-electron chi connectivity index (χ2n) is 4.38. The minimum atomic E-state index is -0.277. The van der Waals surface area contributed by atoms with Gasteiger partial charge >= 0.3 is 0 Å². The standard InChI is InChI=1S/C15H14BrClFNO/c1-9(10-3-5-13(18)12(16)7-10)19-14-8-11(17)4-6-15(14)20-2/h3-9,19H,1-2H3. The summed E-state index contributed by atoms with van der Waals surface area (Å²) in [6, 6.07) is 10.3. The summed E-state index contributed by atoms with van der Waals surface area (Å²) in [4.78, 5) is 0. The molecule has 1 atom stereocenters. The van der Waals surface area contributed by atoms with Crippen LogP contribution >= 0.6 is 27.5 Å². The molecule has 2 aromatic carbocycles.